The fourth-order valence-electron chi connectivity index (χ4n) is 4.41. The van der Waals surface area contributed by atoms with Crippen LogP contribution < -0.4 is 5.32 Å². The van der Waals surface area contributed by atoms with Crippen molar-refractivity contribution in [2.75, 3.05) is 18.2 Å². The van der Waals surface area contributed by atoms with Gasteiger partial charge in [-0.25, -0.2) is 0 Å². The average Bonchev–Trinajstić information content (AvgIpc) is 3.51. The van der Waals surface area contributed by atoms with Gasteiger partial charge in [-0.15, -0.1) is 11.8 Å². The second-order valence-electron chi connectivity index (χ2n) is 8.55. The first-order valence-corrected chi connectivity index (χ1v) is 12.0. The number of benzene rings is 1. The highest BCUT2D eigenvalue weighted by Crippen LogP contribution is 2.53. The molecule has 1 unspecified atom stereocenters. The first kappa shape index (κ1) is 21.4. The maximum Gasteiger partial charge on any atom is 0.252 e. The van der Waals surface area contributed by atoms with E-state index < -0.39 is 6.04 Å². The molecule has 5 rings (SSSR count). The van der Waals surface area contributed by atoms with E-state index in [1.807, 2.05) is 25.3 Å². The maximum atomic E-state index is 13.0. The number of nitrogens with zero attached hydrogens (tertiary/aromatic N) is 4. The molecule has 0 spiro atoms. The summed E-state index contributed by atoms with van der Waals surface area (Å²) in [5.41, 5.74) is 4.46. The number of pyridine rings is 2. The van der Waals surface area contributed by atoms with Gasteiger partial charge in [0.05, 0.1) is 29.6 Å². The van der Waals surface area contributed by atoms with E-state index in [0.717, 1.165) is 35.0 Å². The lowest BCUT2D eigenvalue weighted by Crippen LogP contribution is -2.42. The van der Waals surface area contributed by atoms with E-state index >= 15 is 0 Å². The number of hydrogen-bond acceptors (Lipinski definition) is 6. The molecule has 0 radical (unpaired) electrons. The van der Waals surface area contributed by atoms with Crippen LogP contribution in [0, 0.1) is 18.3 Å². The molecule has 1 aliphatic heterocycles. The Morgan fingerprint density at radius 1 is 1.21 bits per heavy atom. The molecular weight excluding hydrogens is 434 g/mol. The average molecular weight is 458 g/mol. The lowest BCUT2D eigenvalue weighted by atomic mass is 9.87. The molecule has 33 heavy (non-hydrogen) atoms. The molecule has 1 saturated heterocycles. The van der Waals surface area contributed by atoms with Gasteiger partial charge in [0.1, 0.15) is 6.04 Å². The zero-order chi connectivity index (χ0) is 23.0. The highest BCUT2D eigenvalue weighted by atomic mass is 32.2. The second kappa shape index (κ2) is 8.49. The Bertz CT molecular complexity index is 1280. The summed E-state index contributed by atoms with van der Waals surface area (Å²) in [6.07, 6.45) is 5.62. The third kappa shape index (κ3) is 3.93. The summed E-state index contributed by atoms with van der Waals surface area (Å²) in [6, 6.07) is 13.6. The summed E-state index contributed by atoms with van der Waals surface area (Å²) in [5, 5.41) is 12.7. The molecule has 1 N–H and O–H groups in total. The minimum absolute atomic E-state index is 0.0752. The van der Waals surface area contributed by atoms with Crippen LogP contribution in [0.25, 0.3) is 10.9 Å². The molecule has 1 aromatic carbocycles. The van der Waals surface area contributed by atoms with E-state index in [1.165, 1.54) is 10.5 Å². The predicted octanol–water partition coefficient (Wildman–Crippen LogP) is 3.17. The predicted molar refractivity (Wildman–Crippen MR) is 127 cm³/mol. The molecule has 166 valence electrons. The van der Waals surface area contributed by atoms with Crippen molar-refractivity contribution in [2.45, 2.75) is 31.2 Å². The molecule has 3 aromatic rings. The monoisotopic (exact) mass is 457 g/mol. The van der Waals surface area contributed by atoms with Gasteiger partial charge in [-0.1, -0.05) is 12.1 Å². The smallest absolute Gasteiger partial charge is 0.252 e. The zero-order valence-electron chi connectivity index (χ0n) is 18.2. The third-order valence-electron chi connectivity index (χ3n) is 6.50. The fourth-order valence-corrected chi connectivity index (χ4v) is 5.51. The number of thioether (sulfide) groups is 1. The van der Waals surface area contributed by atoms with Crippen molar-refractivity contribution in [3.05, 3.63) is 71.2 Å². The molecule has 1 saturated carbocycles. The number of amides is 2. The number of hydrogen-bond donors (Lipinski definition) is 1. The van der Waals surface area contributed by atoms with E-state index in [0.29, 0.717) is 17.2 Å². The van der Waals surface area contributed by atoms with Gasteiger partial charge in [0.2, 0.25) is 5.91 Å². The number of aromatic nitrogens is 2. The van der Waals surface area contributed by atoms with Gasteiger partial charge in [0.15, 0.2) is 0 Å². The Morgan fingerprint density at radius 2 is 2.03 bits per heavy atom. The van der Waals surface area contributed by atoms with Crippen molar-refractivity contribution in [2.24, 2.45) is 0 Å². The Kier molecular flexibility index (Phi) is 5.51. The fraction of sp³-hybridized carbons (Fsp3) is 0.320. The van der Waals surface area contributed by atoms with Gasteiger partial charge in [-0.05, 0) is 55.2 Å². The van der Waals surface area contributed by atoms with Gasteiger partial charge >= 0.3 is 0 Å². The van der Waals surface area contributed by atoms with Crippen molar-refractivity contribution in [1.29, 1.82) is 5.26 Å². The summed E-state index contributed by atoms with van der Waals surface area (Å²) >= 11 is 1.54. The molecule has 2 aromatic heterocycles. The Balaban J connectivity index is 1.40. The van der Waals surface area contributed by atoms with Crippen LogP contribution in [-0.4, -0.2) is 50.9 Å². The van der Waals surface area contributed by atoms with E-state index in [4.69, 9.17) is 0 Å². The largest absolute Gasteiger partial charge is 0.343 e. The first-order valence-electron chi connectivity index (χ1n) is 10.9. The SMILES string of the molecule is Cc1ccc(C2(c3ccc4nccc(C(=O)NCC(=O)N5CSCC5C#N)c4c3)CC2)cn1. The van der Waals surface area contributed by atoms with Gasteiger partial charge in [0.25, 0.3) is 5.91 Å². The van der Waals surface area contributed by atoms with Gasteiger partial charge < -0.3 is 10.2 Å². The standard InChI is InChI=1S/C25H23N5O2S/c1-16-2-3-18(12-28-16)25(7-8-25)17-4-5-22-21(10-17)20(6-9-27-22)24(32)29-13-23(31)30-15-33-14-19(30)11-26/h2-6,9-10,12,19H,7-8,13-15H2,1H3,(H,29,32). The van der Waals surface area contributed by atoms with E-state index in [9.17, 15) is 14.9 Å². The van der Waals surface area contributed by atoms with Crippen LogP contribution in [0.5, 0.6) is 0 Å². The summed E-state index contributed by atoms with van der Waals surface area (Å²) < 4.78 is 0. The Hall–Kier alpha value is -3.44. The van der Waals surface area contributed by atoms with Crippen molar-refractivity contribution in [3.8, 4) is 6.07 Å². The second-order valence-corrected chi connectivity index (χ2v) is 9.55. The molecule has 2 fully saturated rings. The molecule has 1 atom stereocenters. The van der Waals surface area contributed by atoms with Crippen LogP contribution in [0.15, 0.2) is 48.8 Å². The molecule has 3 heterocycles. The topological polar surface area (TPSA) is 99.0 Å². The normalized spacial score (nSPS) is 18.7. The molecule has 0 bridgehead atoms. The lowest BCUT2D eigenvalue weighted by molar-refractivity contribution is -0.129. The van der Waals surface area contributed by atoms with Crippen LogP contribution in [0.2, 0.25) is 0 Å². The number of nitriles is 1. The highest BCUT2D eigenvalue weighted by molar-refractivity contribution is 7.99. The molecule has 2 aliphatic rings. The van der Waals surface area contributed by atoms with Crippen molar-refractivity contribution in [3.63, 3.8) is 0 Å². The molecule has 2 amide bonds. The first-order chi connectivity index (χ1) is 16.0. The van der Waals surface area contributed by atoms with Crippen LogP contribution in [0.1, 0.15) is 40.0 Å². The van der Waals surface area contributed by atoms with Gasteiger partial charge in [0, 0.05) is 34.6 Å². The Morgan fingerprint density at radius 3 is 2.76 bits per heavy atom. The molecule has 1 aliphatic carbocycles. The summed E-state index contributed by atoms with van der Waals surface area (Å²) in [6.45, 7) is 1.84. The lowest BCUT2D eigenvalue weighted by Gasteiger charge is -2.19. The minimum Gasteiger partial charge on any atom is -0.343 e. The molecular formula is C25H23N5O2S. The highest BCUT2D eigenvalue weighted by Gasteiger charge is 2.46. The number of aryl methyl sites for hydroxylation is 1. The maximum absolute atomic E-state index is 13.0. The van der Waals surface area contributed by atoms with Crippen molar-refractivity contribution in [1.82, 2.24) is 20.2 Å². The van der Waals surface area contributed by atoms with Crippen LogP contribution >= 0.6 is 11.8 Å². The molecule has 8 heteroatoms. The van der Waals surface area contributed by atoms with Crippen LogP contribution in [-0.2, 0) is 10.2 Å². The van der Waals surface area contributed by atoms with Gasteiger partial charge in [-0.3, -0.25) is 19.6 Å². The van der Waals surface area contributed by atoms with Crippen LogP contribution in [0.3, 0.4) is 0 Å². The van der Waals surface area contributed by atoms with E-state index in [2.05, 4.69) is 39.6 Å². The quantitative estimate of drug-likeness (QED) is 0.632. The third-order valence-corrected chi connectivity index (χ3v) is 7.52. The number of carbonyl (C=O) groups is 2. The minimum atomic E-state index is -0.435. The Labute approximate surface area is 196 Å². The number of nitrogens with one attached hydrogen (secondary N) is 1. The van der Waals surface area contributed by atoms with Gasteiger partial charge in [-0.2, -0.15) is 5.26 Å². The van der Waals surface area contributed by atoms with Crippen LogP contribution in [0.4, 0.5) is 0 Å². The van der Waals surface area contributed by atoms with E-state index in [-0.39, 0.29) is 23.8 Å². The molecule has 7 nitrogen and oxygen atoms in total. The number of rotatable bonds is 5. The zero-order valence-corrected chi connectivity index (χ0v) is 19.1. The van der Waals surface area contributed by atoms with Crippen molar-refractivity contribution >= 4 is 34.5 Å². The summed E-state index contributed by atoms with van der Waals surface area (Å²) in [5.74, 6) is 0.509. The number of fused-ring (bicyclic) bond motifs is 1. The summed E-state index contributed by atoms with van der Waals surface area (Å²) in [7, 11) is 0. The summed E-state index contributed by atoms with van der Waals surface area (Å²) in [4.78, 5) is 35.9. The number of carbonyl (C=O) groups excluding carboxylic acids is 2. The van der Waals surface area contributed by atoms with Crippen molar-refractivity contribution < 1.29 is 9.59 Å². The van der Waals surface area contributed by atoms with E-state index in [1.54, 1.807) is 24.0 Å².